The van der Waals surface area contributed by atoms with Crippen LogP contribution in [-0.4, -0.2) is 34.7 Å². The van der Waals surface area contributed by atoms with Crippen LogP contribution in [0.1, 0.15) is 43.7 Å². The first-order chi connectivity index (χ1) is 14.7. The van der Waals surface area contributed by atoms with Crippen LogP contribution < -0.4 is 5.32 Å². The molecule has 0 aromatic heterocycles. The summed E-state index contributed by atoms with van der Waals surface area (Å²) in [7, 11) is 0. The first kappa shape index (κ1) is 23.2. The summed E-state index contributed by atoms with van der Waals surface area (Å²) in [5, 5.41) is 1.97. The van der Waals surface area contributed by atoms with Gasteiger partial charge in [0.15, 0.2) is 0 Å². The molecule has 32 heavy (non-hydrogen) atoms. The number of ether oxygens (including phenoxy) is 1. The molecule has 4 aliphatic carbocycles. The number of carbonyl (C=O) groups excluding carboxylic acids is 2. The highest BCUT2D eigenvalue weighted by molar-refractivity contribution is 6.24. The summed E-state index contributed by atoms with van der Waals surface area (Å²) in [5.74, 6) is -6.15. The van der Waals surface area contributed by atoms with Gasteiger partial charge in [-0.2, -0.15) is 26.3 Å². The Morgan fingerprint density at radius 2 is 1.69 bits per heavy atom. The predicted molar refractivity (Wildman–Crippen MR) is 100 cm³/mol. The van der Waals surface area contributed by atoms with Gasteiger partial charge in [0.1, 0.15) is 5.60 Å². The van der Waals surface area contributed by atoms with E-state index in [0.717, 1.165) is 0 Å². The van der Waals surface area contributed by atoms with E-state index in [1.54, 1.807) is 18.2 Å². The van der Waals surface area contributed by atoms with E-state index in [9.17, 15) is 35.9 Å². The highest BCUT2D eigenvalue weighted by Gasteiger charge is 2.67. The molecule has 0 aliphatic heterocycles. The van der Waals surface area contributed by atoms with Gasteiger partial charge >= 0.3 is 24.2 Å². The lowest BCUT2D eigenvalue weighted by Crippen LogP contribution is -2.67. The maximum absolute atomic E-state index is 13.1. The summed E-state index contributed by atoms with van der Waals surface area (Å²) in [6, 6.07) is 6.39. The number of esters is 1. The molecular weight excluding hydrogens is 464 g/mol. The van der Waals surface area contributed by atoms with Crippen molar-refractivity contribution in [3.8, 4) is 0 Å². The van der Waals surface area contributed by atoms with E-state index in [1.807, 2.05) is 5.32 Å². The second-order valence-electron chi connectivity index (χ2n) is 9.14. The van der Waals surface area contributed by atoms with Gasteiger partial charge in [-0.1, -0.05) is 30.3 Å². The van der Waals surface area contributed by atoms with Crippen LogP contribution in [0.3, 0.4) is 0 Å². The van der Waals surface area contributed by atoms with E-state index in [4.69, 9.17) is 16.3 Å². The molecular formula is C21H20ClF6NO3. The molecule has 1 aromatic carbocycles. The van der Waals surface area contributed by atoms with Crippen molar-refractivity contribution in [3.05, 3.63) is 35.9 Å². The van der Waals surface area contributed by atoms with Gasteiger partial charge in [-0.25, -0.2) is 4.79 Å². The number of carbonyl (C=O) groups is 2. The van der Waals surface area contributed by atoms with E-state index in [0.29, 0.717) is 19.3 Å². The van der Waals surface area contributed by atoms with Gasteiger partial charge in [0.2, 0.25) is 0 Å². The number of amides is 1. The second-order valence-corrected chi connectivity index (χ2v) is 9.94. The minimum absolute atomic E-state index is 0.0513. The topological polar surface area (TPSA) is 55.4 Å². The second kappa shape index (κ2) is 7.53. The Balaban J connectivity index is 1.79. The van der Waals surface area contributed by atoms with E-state index in [1.165, 1.54) is 12.1 Å². The molecule has 0 heterocycles. The highest BCUT2D eigenvalue weighted by atomic mass is 35.5. The summed E-state index contributed by atoms with van der Waals surface area (Å²) >= 11 is 6.67. The van der Waals surface area contributed by atoms with Gasteiger partial charge in [-0.3, -0.25) is 4.79 Å². The van der Waals surface area contributed by atoms with Crippen LogP contribution in [0.25, 0.3) is 0 Å². The fourth-order valence-electron chi connectivity index (χ4n) is 6.25. The molecule has 5 rings (SSSR count). The van der Waals surface area contributed by atoms with Crippen LogP contribution in [0.2, 0.25) is 0 Å². The Kier molecular flexibility index (Phi) is 5.46. The van der Waals surface area contributed by atoms with Gasteiger partial charge in [0, 0.05) is 17.2 Å². The van der Waals surface area contributed by atoms with Gasteiger partial charge in [-0.15, -0.1) is 11.6 Å². The number of benzene rings is 1. The predicted octanol–water partition coefficient (Wildman–Crippen LogP) is 5.07. The first-order valence-corrected chi connectivity index (χ1v) is 10.5. The molecule has 1 aromatic rings. The average Bonchev–Trinajstić information content (AvgIpc) is 2.64. The zero-order valence-electron chi connectivity index (χ0n) is 16.6. The number of alkyl halides is 7. The zero-order chi connectivity index (χ0) is 23.5. The highest BCUT2D eigenvalue weighted by Crippen LogP contribution is 2.66. The van der Waals surface area contributed by atoms with E-state index >= 15 is 0 Å². The molecule has 0 spiro atoms. The number of nitrogens with one attached hydrogen (secondary N) is 1. The van der Waals surface area contributed by atoms with Crippen molar-refractivity contribution in [1.29, 1.82) is 0 Å². The van der Waals surface area contributed by atoms with Gasteiger partial charge in [-0.05, 0) is 43.1 Å². The first-order valence-electron chi connectivity index (χ1n) is 10.1. The third-order valence-electron chi connectivity index (χ3n) is 6.87. The minimum Gasteiger partial charge on any atom is -0.452 e. The Hall–Kier alpha value is -1.97. The number of hydrogen-bond donors (Lipinski definition) is 1. The summed E-state index contributed by atoms with van der Waals surface area (Å²) in [6.45, 7) is 0. The van der Waals surface area contributed by atoms with Crippen molar-refractivity contribution in [3.63, 3.8) is 0 Å². The van der Waals surface area contributed by atoms with Gasteiger partial charge < -0.3 is 10.1 Å². The zero-order valence-corrected chi connectivity index (χ0v) is 17.4. The monoisotopic (exact) mass is 483 g/mol. The molecule has 11 heteroatoms. The van der Waals surface area contributed by atoms with Crippen molar-refractivity contribution >= 4 is 23.5 Å². The molecule has 4 fully saturated rings. The molecule has 176 valence electrons. The van der Waals surface area contributed by atoms with Crippen molar-refractivity contribution in [2.24, 2.45) is 17.8 Å². The van der Waals surface area contributed by atoms with Crippen LogP contribution in [0.5, 0.6) is 0 Å². The quantitative estimate of drug-likeness (QED) is 0.370. The minimum atomic E-state index is -5.27. The average molecular weight is 484 g/mol. The SMILES string of the molecule is O=C(N[C@@H](c1ccccc1)[C@H]1[C@H]2C[C@@H]3C[C@](Cl)(C2)C[C@@]1(OC(=O)C(F)(F)F)C3)C(F)(F)F. The Morgan fingerprint density at radius 3 is 2.25 bits per heavy atom. The fraction of sp³-hybridized carbons (Fsp3) is 0.619. The maximum atomic E-state index is 13.1. The Bertz CT molecular complexity index is 907. The van der Waals surface area contributed by atoms with Crippen LogP contribution in [-0.2, 0) is 14.3 Å². The lowest BCUT2D eigenvalue weighted by atomic mass is 9.47. The van der Waals surface area contributed by atoms with Gasteiger partial charge in [0.05, 0.1) is 6.04 Å². The van der Waals surface area contributed by atoms with Gasteiger partial charge in [0.25, 0.3) is 0 Å². The van der Waals surface area contributed by atoms with Crippen LogP contribution in [0.15, 0.2) is 30.3 Å². The molecule has 4 bridgehead atoms. The van der Waals surface area contributed by atoms with Crippen LogP contribution in [0, 0.1) is 17.8 Å². The number of rotatable bonds is 4. The number of halogens is 7. The van der Waals surface area contributed by atoms with Crippen LogP contribution >= 0.6 is 11.6 Å². The Morgan fingerprint density at radius 1 is 1.03 bits per heavy atom. The third kappa shape index (κ3) is 4.18. The van der Waals surface area contributed by atoms with Crippen molar-refractivity contribution in [1.82, 2.24) is 5.32 Å². The molecule has 0 saturated heterocycles. The molecule has 6 atom stereocenters. The van der Waals surface area contributed by atoms with E-state index in [-0.39, 0.29) is 24.3 Å². The standard InChI is InChI=1S/C21H20ClF6NO3/c22-18-7-11-6-13(9-18)14(19(8-11,10-18)32-17(31)21(26,27)28)15(12-4-2-1-3-5-12)29-16(30)20(23,24)25/h1-5,11,13-15H,6-10H2,(H,29,30)/t11-,13+,14-,15+,18+,19+/m1/s1. The molecule has 0 unspecified atom stereocenters. The number of hydrogen-bond acceptors (Lipinski definition) is 3. The molecule has 1 N–H and O–H groups in total. The molecule has 1 amide bonds. The lowest BCUT2D eigenvalue weighted by Gasteiger charge is -2.64. The lowest BCUT2D eigenvalue weighted by molar-refractivity contribution is -0.245. The summed E-state index contributed by atoms with van der Waals surface area (Å²) in [4.78, 5) is 22.9. The Labute approximate surface area is 184 Å². The maximum Gasteiger partial charge on any atom is 0.490 e. The third-order valence-corrected chi connectivity index (χ3v) is 7.32. The molecule has 0 radical (unpaired) electrons. The van der Waals surface area contributed by atoms with Crippen molar-refractivity contribution in [2.45, 2.75) is 61.0 Å². The smallest absolute Gasteiger partial charge is 0.452 e. The van der Waals surface area contributed by atoms with E-state index < -0.39 is 52.6 Å². The molecule has 4 saturated carbocycles. The van der Waals surface area contributed by atoms with Crippen LogP contribution in [0.4, 0.5) is 26.3 Å². The summed E-state index contributed by atoms with van der Waals surface area (Å²) < 4.78 is 83.8. The molecule has 4 aliphatic rings. The van der Waals surface area contributed by atoms with Crippen molar-refractivity contribution in [2.75, 3.05) is 0 Å². The summed E-state index contributed by atoms with van der Waals surface area (Å²) in [6.07, 6.45) is -9.12. The fourth-order valence-corrected chi connectivity index (χ4v) is 6.89. The molecule has 4 nitrogen and oxygen atoms in total. The van der Waals surface area contributed by atoms with Crippen molar-refractivity contribution < 1.29 is 40.7 Å². The van der Waals surface area contributed by atoms with E-state index in [2.05, 4.69) is 0 Å². The largest absolute Gasteiger partial charge is 0.490 e. The summed E-state index contributed by atoms with van der Waals surface area (Å²) in [5.41, 5.74) is -1.45. The normalized spacial score (nSPS) is 34.8.